The molecule has 2 heterocycles. The van der Waals surface area contributed by atoms with E-state index in [4.69, 9.17) is 11.6 Å². The molecule has 0 atom stereocenters. The van der Waals surface area contributed by atoms with Crippen LogP contribution in [0.3, 0.4) is 0 Å². The molecular formula is C17H20ClN3. The normalized spacial score (nSPS) is 16.9. The molecule has 0 unspecified atom stereocenters. The molecule has 2 aromatic rings. The van der Waals surface area contributed by atoms with Crippen molar-refractivity contribution in [1.29, 1.82) is 0 Å². The number of halogens is 1. The van der Waals surface area contributed by atoms with Gasteiger partial charge in [-0.1, -0.05) is 45.9 Å². The van der Waals surface area contributed by atoms with Crippen LogP contribution in [0.15, 0.2) is 24.4 Å². The first-order chi connectivity index (χ1) is 9.73. The number of fused-ring (bicyclic) bond motifs is 2. The number of hydrogen-bond donors (Lipinski definition) is 0. The van der Waals surface area contributed by atoms with Gasteiger partial charge in [0.1, 0.15) is 11.0 Å². The lowest BCUT2D eigenvalue weighted by molar-refractivity contribution is 0.643. The number of likely N-dealkylation sites (N-methyl/N-ethyl adjacent to an activating group) is 1. The Labute approximate surface area is 130 Å². The highest BCUT2D eigenvalue weighted by Crippen LogP contribution is 2.47. The summed E-state index contributed by atoms with van der Waals surface area (Å²) in [6.45, 7) is 12.7. The standard InChI is InChI=1S/C17H20ClN3/c1-9(2)16-19-13-8-14-12(7-11(13)15(18)20-16)17(4,5)10(3)21(14)6/h7-9H,3H2,1-2,4-6H3. The number of rotatable bonds is 1. The maximum absolute atomic E-state index is 6.39. The average molecular weight is 302 g/mol. The molecule has 4 heteroatoms. The molecule has 1 aliphatic rings. The summed E-state index contributed by atoms with van der Waals surface area (Å²) < 4.78 is 0. The van der Waals surface area contributed by atoms with Crippen LogP contribution in [0.4, 0.5) is 5.69 Å². The molecule has 0 spiro atoms. The Morgan fingerprint density at radius 3 is 2.52 bits per heavy atom. The number of hydrogen-bond acceptors (Lipinski definition) is 3. The van der Waals surface area contributed by atoms with Crippen LogP contribution < -0.4 is 4.90 Å². The molecule has 1 aromatic carbocycles. The second-order valence-electron chi connectivity index (χ2n) is 6.54. The quantitative estimate of drug-likeness (QED) is 0.718. The van der Waals surface area contributed by atoms with Gasteiger partial charge in [-0.25, -0.2) is 9.97 Å². The second-order valence-corrected chi connectivity index (χ2v) is 6.90. The van der Waals surface area contributed by atoms with Crippen molar-refractivity contribution < 1.29 is 0 Å². The first kappa shape index (κ1) is 14.3. The van der Waals surface area contributed by atoms with Crippen molar-refractivity contribution in [3.8, 4) is 0 Å². The van der Waals surface area contributed by atoms with Crippen LogP contribution in [0.5, 0.6) is 0 Å². The Bertz CT molecular complexity index is 762. The van der Waals surface area contributed by atoms with E-state index in [1.54, 1.807) is 0 Å². The highest BCUT2D eigenvalue weighted by atomic mass is 35.5. The topological polar surface area (TPSA) is 29.0 Å². The predicted octanol–water partition coefficient (Wildman–Crippen LogP) is 4.65. The zero-order chi connectivity index (χ0) is 15.5. The number of aromatic nitrogens is 2. The van der Waals surface area contributed by atoms with Gasteiger partial charge in [0.15, 0.2) is 0 Å². The highest BCUT2D eigenvalue weighted by molar-refractivity contribution is 6.34. The summed E-state index contributed by atoms with van der Waals surface area (Å²) in [5.41, 5.74) is 4.27. The van der Waals surface area contributed by atoms with E-state index in [1.807, 2.05) is 7.05 Å². The van der Waals surface area contributed by atoms with Crippen LogP contribution in [-0.4, -0.2) is 17.0 Å². The molecule has 3 nitrogen and oxygen atoms in total. The van der Waals surface area contributed by atoms with Gasteiger partial charge in [0.05, 0.1) is 5.52 Å². The molecule has 0 bridgehead atoms. The summed E-state index contributed by atoms with van der Waals surface area (Å²) in [4.78, 5) is 11.2. The Morgan fingerprint density at radius 1 is 1.24 bits per heavy atom. The third kappa shape index (κ3) is 1.95. The first-order valence-electron chi connectivity index (χ1n) is 7.18. The lowest BCUT2D eigenvalue weighted by atomic mass is 9.84. The molecule has 0 aliphatic carbocycles. The van der Waals surface area contributed by atoms with E-state index in [2.05, 4.69) is 61.3 Å². The maximum atomic E-state index is 6.39. The maximum Gasteiger partial charge on any atom is 0.140 e. The Balaban J connectivity index is 2.34. The molecule has 21 heavy (non-hydrogen) atoms. The van der Waals surface area contributed by atoms with Gasteiger partial charge in [-0.15, -0.1) is 0 Å². The van der Waals surface area contributed by atoms with E-state index in [0.717, 1.165) is 28.1 Å². The molecule has 1 aromatic heterocycles. The second kappa shape index (κ2) is 4.44. The third-order valence-corrected chi connectivity index (χ3v) is 4.75. The largest absolute Gasteiger partial charge is 0.348 e. The lowest BCUT2D eigenvalue weighted by Crippen LogP contribution is -2.21. The van der Waals surface area contributed by atoms with Gasteiger partial charge in [-0.05, 0) is 17.7 Å². The molecule has 0 N–H and O–H groups in total. The van der Waals surface area contributed by atoms with Gasteiger partial charge >= 0.3 is 0 Å². The van der Waals surface area contributed by atoms with Gasteiger partial charge in [-0.3, -0.25) is 0 Å². The molecule has 0 radical (unpaired) electrons. The summed E-state index contributed by atoms with van der Waals surface area (Å²) in [5, 5.41) is 1.44. The zero-order valence-electron chi connectivity index (χ0n) is 13.2. The van der Waals surface area contributed by atoms with Crippen LogP contribution in [0, 0.1) is 0 Å². The molecule has 0 fully saturated rings. The Morgan fingerprint density at radius 2 is 1.90 bits per heavy atom. The van der Waals surface area contributed by atoms with Crippen molar-refractivity contribution in [2.75, 3.05) is 11.9 Å². The molecule has 0 saturated heterocycles. The number of benzene rings is 1. The van der Waals surface area contributed by atoms with Gasteiger partial charge in [0.25, 0.3) is 0 Å². The van der Waals surface area contributed by atoms with Crippen LogP contribution in [-0.2, 0) is 5.41 Å². The Hall–Kier alpha value is -1.61. The van der Waals surface area contributed by atoms with E-state index in [0.29, 0.717) is 5.15 Å². The molecule has 110 valence electrons. The third-order valence-electron chi connectivity index (χ3n) is 4.46. The minimum absolute atomic E-state index is 0.0989. The van der Waals surface area contributed by atoms with Crippen molar-refractivity contribution in [3.05, 3.63) is 40.9 Å². The van der Waals surface area contributed by atoms with Crippen LogP contribution in [0.1, 0.15) is 45.0 Å². The lowest BCUT2D eigenvalue weighted by Gasteiger charge is -2.22. The highest BCUT2D eigenvalue weighted by Gasteiger charge is 2.37. The smallest absolute Gasteiger partial charge is 0.140 e. The van der Waals surface area contributed by atoms with Crippen molar-refractivity contribution in [2.24, 2.45) is 0 Å². The summed E-state index contributed by atoms with van der Waals surface area (Å²) in [6.07, 6.45) is 0. The minimum Gasteiger partial charge on any atom is -0.348 e. The average Bonchev–Trinajstić information content (AvgIpc) is 2.58. The van der Waals surface area contributed by atoms with Crippen LogP contribution >= 0.6 is 11.6 Å². The van der Waals surface area contributed by atoms with Gasteiger partial charge < -0.3 is 4.90 Å². The van der Waals surface area contributed by atoms with E-state index < -0.39 is 0 Å². The molecule has 1 aliphatic heterocycles. The summed E-state index contributed by atoms with van der Waals surface area (Å²) >= 11 is 6.39. The summed E-state index contributed by atoms with van der Waals surface area (Å²) in [5.74, 6) is 1.04. The van der Waals surface area contributed by atoms with Crippen LogP contribution in [0.25, 0.3) is 10.9 Å². The number of anilines is 1. The number of allylic oxidation sites excluding steroid dienone is 1. The van der Waals surface area contributed by atoms with E-state index >= 15 is 0 Å². The fourth-order valence-electron chi connectivity index (χ4n) is 2.90. The summed E-state index contributed by atoms with van der Waals surface area (Å²) in [6, 6.07) is 4.22. The van der Waals surface area contributed by atoms with Crippen molar-refractivity contribution in [1.82, 2.24) is 9.97 Å². The zero-order valence-corrected chi connectivity index (χ0v) is 13.9. The van der Waals surface area contributed by atoms with Gasteiger partial charge in [0, 0.05) is 35.2 Å². The molecule has 0 saturated carbocycles. The summed E-state index contributed by atoms with van der Waals surface area (Å²) in [7, 11) is 2.05. The van der Waals surface area contributed by atoms with Crippen molar-refractivity contribution >= 4 is 28.2 Å². The van der Waals surface area contributed by atoms with Gasteiger partial charge in [-0.2, -0.15) is 0 Å². The van der Waals surface area contributed by atoms with Crippen molar-refractivity contribution in [3.63, 3.8) is 0 Å². The first-order valence-corrected chi connectivity index (χ1v) is 7.56. The Kier molecular flexibility index (Phi) is 3.03. The monoisotopic (exact) mass is 301 g/mol. The van der Waals surface area contributed by atoms with E-state index in [9.17, 15) is 0 Å². The molecule has 3 rings (SSSR count). The number of nitrogens with zero attached hydrogens (tertiary/aromatic N) is 3. The van der Waals surface area contributed by atoms with E-state index in [-0.39, 0.29) is 11.3 Å². The van der Waals surface area contributed by atoms with Gasteiger partial charge in [0.2, 0.25) is 0 Å². The van der Waals surface area contributed by atoms with E-state index in [1.165, 1.54) is 5.56 Å². The van der Waals surface area contributed by atoms with Crippen molar-refractivity contribution in [2.45, 2.75) is 39.0 Å². The minimum atomic E-state index is -0.0989. The molecule has 0 amide bonds. The fourth-order valence-corrected chi connectivity index (χ4v) is 3.14. The SMILES string of the molecule is C=C1N(C)c2cc3nc(C(C)C)nc(Cl)c3cc2C1(C)C. The van der Waals surface area contributed by atoms with Crippen LogP contribution in [0.2, 0.25) is 5.15 Å². The fraction of sp³-hybridized carbons (Fsp3) is 0.412. The predicted molar refractivity (Wildman–Crippen MR) is 89.2 cm³/mol. The molecular weight excluding hydrogens is 282 g/mol.